The highest BCUT2D eigenvalue weighted by atomic mass is 19.1. The molecule has 2 aliphatic rings. The van der Waals surface area contributed by atoms with E-state index in [1.165, 1.54) is 6.07 Å². The third kappa shape index (κ3) is 4.40. The van der Waals surface area contributed by atoms with Gasteiger partial charge in [0.15, 0.2) is 17.4 Å². The summed E-state index contributed by atoms with van der Waals surface area (Å²) in [6, 6.07) is 6.51. The van der Waals surface area contributed by atoms with Gasteiger partial charge in [-0.25, -0.2) is 14.4 Å². The van der Waals surface area contributed by atoms with E-state index in [9.17, 15) is 9.18 Å². The zero-order chi connectivity index (χ0) is 22.9. The number of piperidine rings is 1. The molecule has 2 aliphatic heterocycles. The van der Waals surface area contributed by atoms with E-state index in [0.29, 0.717) is 26.1 Å². The molecule has 5 rings (SSSR count). The lowest BCUT2D eigenvalue weighted by atomic mass is 10.1. The van der Waals surface area contributed by atoms with E-state index in [1.807, 2.05) is 13.2 Å². The van der Waals surface area contributed by atoms with Gasteiger partial charge in [0.25, 0.3) is 0 Å². The van der Waals surface area contributed by atoms with E-state index in [0.717, 1.165) is 47.8 Å². The molecule has 3 aromatic rings. The van der Waals surface area contributed by atoms with Crippen molar-refractivity contribution < 1.29 is 13.9 Å². The van der Waals surface area contributed by atoms with Gasteiger partial charge < -0.3 is 14.5 Å². The van der Waals surface area contributed by atoms with Crippen molar-refractivity contribution in [3.05, 3.63) is 53.9 Å². The molecular formula is C24H27FN6O2. The number of amides is 1. The Morgan fingerprint density at radius 3 is 2.79 bits per heavy atom. The first kappa shape index (κ1) is 21.4. The largest absolute Gasteiger partial charge is 0.486 e. The van der Waals surface area contributed by atoms with Crippen LogP contribution < -0.4 is 9.64 Å². The number of anilines is 1. The third-order valence-electron chi connectivity index (χ3n) is 6.22. The molecule has 0 radical (unpaired) electrons. The number of hydrogen-bond donors (Lipinski definition) is 0. The summed E-state index contributed by atoms with van der Waals surface area (Å²) in [5.74, 6) is 0.755. The summed E-state index contributed by atoms with van der Waals surface area (Å²) < 4.78 is 21.9. The standard InChI is InChI=1S/C24H27FN6O2/c1-16(32)30-11-9-20-21(15-30)27-23(17-12-26-29(2)13-17)24(28-20)31-10-5-6-18(14-31)33-22-8-4-3-7-19(22)25/h3-4,7-8,12-13,18H,5-6,9-11,14-15H2,1-2H3. The van der Waals surface area contributed by atoms with Gasteiger partial charge in [-0.1, -0.05) is 12.1 Å². The van der Waals surface area contributed by atoms with Crippen molar-refractivity contribution in [2.24, 2.45) is 7.05 Å². The Morgan fingerprint density at radius 2 is 2.03 bits per heavy atom. The van der Waals surface area contributed by atoms with Gasteiger partial charge in [0.2, 0.25) is 5.91 Å². The van der Waals surface area contributed by atoms with E-state index in [-0.39, 0.29) is 23.6 Å². The molecule has 1 unspecified atom stereocenters. The summed E-state index contributed by atoms with van der Waals surface area (Å²) in [7, 11) is 1.87. The molecule has 8 nitrogen and oxygen atoms in total. The maximum atomic E-state index is 14.1. The Labute approximate surface area is 192 Å². The number of benzene rings is 1. The molecule has 1 amide bonds. The molecule has 0 saturated carbocycles. The lowest BCUT2D eigenvalue weighted by Gasteiger charge is -2.35. The smallest absolute Gasteiger partial charge is 0.219 e. The third-order valence-corrected chi connectivity index (χ3v) is 6.22. The Bertz CT molecular complexity index is 1180. The Balaban J connectivity index is 1.47. The maximum absolute atomic E-state index is 14.1. The summed E-state index contributed by atoms with van der Waals surface area (Å²) >= 11 is 0. The zero-order valence-corrected chi connectivity index (χ0v) is 18.9. The summed E-state index contributed by atoms with van der Waals surface area (Å²) in [5.41, 5.74) is 3.38. The molecule has 0 bridgehead atoms. The summed E-state index contributed by atoms with van der Waals surface area (Å²) in [6.07, 6.45) is 5.97. The predicted molar refractivity (Wildman–Crippen MR) is 121 cm³/mol. The van der Waals surface area contributed by atoms with Crippen LogP contribution in [-0.2, 0) is 24.8 Å². The Hall–Kier alpha value is -3.49. The second-order valence-corrected chi connectivity index (χ2v) is 8.64. The van der Waals surface area contributed by atoms with Gasteiger partial charge in [0, 0.05) is 45.2 Å². The van der Waals surface area contributed by atoms with Gasteiger partial charge in [0.05, 0.1) is 30.7 Å². The molecular weight excluding hydrogens is 423 g/mol. The number of para-hydroxylation sites is 1. The lowest BCUT2D eigenvalue weighted by Crippen LogP contribution is -2.42. The number of hydrogen-bond acceptors (Lipinski definition) is 6. The average Bonchev–Trinajstić information content (AvgIpc) is 3.25. The SMILES string of the molecule is CC(=O)N1CCc2nc(N3CCCC(Oc4ccccc4F)C3)c(-c3cnn(C)c3)nc2C1. The first-order chi connectivity index (χ1) is 16.0. The molecule has 1 aromatic carbocycles. The topological polar surface area (TPSA) is 76.4 Å². The highest BCUT2D eigenvalue weighted by Crippen LogP contribution is 2.33. The van der Waals surface area contributed by atoms with Gasteiger partial charge in [-0.2, -0.15) is 5.10 Å². The monoisotopic (exact) mass is 450 g/mol. The average molecular weight is 451 g/mol. The molecule has 0 N–H and O–H groups in total. The lowest BCUT2D eigenvalue weighted by molar-refractivity contribution is -0.129. The summed E-state index contributed by atoms with van der Waals surface area (Å²) in [4.78, 5) is 25.9. The molecule has 1 atom stereocenters. The molecule has 0 aliphatic carbocycles. The Morgan fingerprint density at radius 1 is 1.18 bits per heavy atom. The number of rotatable bonds is 4. The number of aromatic nitrogens is 4. The van der Waals surface area contributed by atoms with Gasteiger partial charge in [-0.15, -0.1) is 0 Å². The van der Waals surface area contributed by atoms with Crippen LogP contribution in [0, 0.1) is 5.82 Å². The maximum Gasteiger partial charge on any atom is 0.219 e. The highest BCUT2D eigenvalue weighted by Gasteiger charge is 2.29. The van der Waals surface area contributed by atoms with Gasteiger partial charge in [0.1, 0.15) is 11.8 Å². The molecule has 9 heteroatoms. The fraction of sp³-hybridized carbons (Fsp3) is 0.417. The van der Waals surface area contributed by atoms with Crippen molar-refractivity contribution in [2.45, 2.75) is 38.8 Å². The van der Waals surface area contributed by atoms with Crippen molar-refractivity contribution in [1.29, 1.82) is 0 Å². The molecule has 1 saturated heterocycles. The van der Waals surface area contributed by atoms with E-state index in [2.05, 4.69) is 10.00 Å². The van der Waals surface area contributed by atoms with Crippen molar-refractivity contribution >= 4 is 11.7 Å². The van der Waals surface area contributed by atoms with Crippen LogP contribution in [0.4, 0.5) is 10.2 Å². The van der Waals surface area contributed by atoms with Crippen LogP contribution in [0.5, 0.6) is 5.75 Å². The van der Waals surface area contributed by atoms with Crippen LogP contribution >= 0.6 is 0 Å². The van der Waals surface area contributed by atoms with Crippen LogP contribution in [0.15, 0.2) is 36.7 Å². The second-order valence-electron chi connectivity index (χ2n) is 8.64. The van der Waals surface area contributed by atoms with Crippen molar-refractivity contribution in [3.8, 4) is 17.0 Å². The number of carbonyl (C=O) groups excluding carboxylic acids is 1. The van der Waals surface area contributed by atoms with Crippen molar-refractivity contribution in [2.75, 3.05) is 24.5 Å². The fourth-order valence-electron chi connectivity index (χ4n) is 4.50. The van der Waals surface area contributed by atoms with Crippen molar-refractivity contribution in [1.82, 2.24) is 24.6 Å². The minimum absolute atomic E-state index is 0.0404. The summed E-state index contributed by atoms with van der Waals surface area (Å²) in [5, 5.41) is 4.31. The number of nitrogens with zero attached hydrogens (tertiary/aromatic N) is 6. The highest BCUT2D eigenvalue weighted by molar-refractivity contribution is 5.74. The number of ether oxygens (including phenoxy) is 1. The number of fused-ring (bicyclic) bond motifs is 1. The van der Waals surface area contributed by atoms with E-state index < -0.39 is 0 Å². The zero-order valence-electron chi connectivity index (χ0n) is 18.9. The molecule has 1 fully saturated rings. The number of carbonyl (C=O) groups is 1. The van der Waals surface area contributed by atoms with Crippen LogP contribution in [0.25, 0.3) is 11.3 Å². The molecule has 4 heterocycles. The first-order valence-corrected chi connectivity index (χ1v) is 11.3. The molecule has 172 valence electrons. The predicted octanol–water partition coefficient (Wildman–Crippen LogP) is 2.97. The molecule has 33 heavy (non-hydrogen) atoms. The minimum Gasteiger partial charge on any atom is -0.486 e. The van der Waals surface area contributed by atoms with Crippen LogP contribution in [0.2, 0.25) is 0 Å². The van der Waals surface area contributed by atoms with Gasteiger partial charge >= 0.3 is 0 Å². The van der Waals surface area contributed by atoms with E-state index in [1.54, 1.807) is 40.9 Å². The minimum atomic E-state index is -0.353. The summed E-state index contributed by atoms with van der Waals surface area (Å²) in [6.45, 7) is 4.09. The van der Waals surface area contributed by atoms with Crippen LogP contribution in [0.1, 0.15) is 31.2 Å². The fourth-order valence-corrected chi connectivity index (χ4v) is 4.50. The second kappa shape index (κ2) is 8.80. The van der Waals surface area contributed by atoms with Crippen LogP contribution in [0.3, 0.4) is 0 Å². The van der Waals surface area contributed by atoms with E-state index in [4.69, 9.17) is 14.7 Å². The quantitative estimate of drug-likeness (QED) is 0.608. The number of halogens is 1. The normalized spacial score (nSPS) is 18.2. The van der Waals surface area contributed by atoms with Crippen LogP contribution in [-0.4, -0.2) is 56.3 Å². The van der Waals surface area contributed by atoms with Gasteiger partial charge in [-0.05, 0) is 25.0 Å². The van der Waals surface area contributed by atoms with E-state index >= 15 is 0 Å². The molecule has 2 aromatic heterocycles. The molecule has 0 spiro atoms. The van der Waals surface area contributed by atoms with Gasteiger partial charge in [-0.3, -0.25) is 9.48 Å². The number of aryl methyl sites for hydroxylation is 1. The Kier molecular flexibility index (Phi) is 5.70. The first-order valence-electron chi connectivity index (χ1n) is 11.3. The van der Waals surface area contributed by atoms with Crippen molar-refractivity contribution in [3.63, 3.8) is 0 Å².